The number of fused-ring (bicyclic) bond motifs is 1. The molecule has 0 aromatic heterocycles. The van der Waals surface area contributed by atoms with E-state index in [9.17, 15) is 13.2 Å². The second kappa shape index (κ2) is 7.28. The topological polar surface area (TPSA) is 81.7 Å². The fraction of sp³-hybridized carbons (Fsp3) is 0.118. The molecular weight excluding hydrogens is 410 g/mol. The Labute approximate surface area is 153 Å². The molecule has 0 saturated carbocycles. The average molecular weight is 424 g/mol. The second-order valence-corrected chi connectivity index (χ2v) is 7.76. The fourth-order valence-corrected chi connectivity index (χ4v) is 3.39. The monoisotopic (exact) mass is 423 g/mol. The first-order valence-electron chi connectivity index (χ1n) is 7.34. The van der Waals surface area contributed by atoms with Crippen LogP contribution in [0.15, 0.2) is 57.9 Å². The number of rotatable bonds is 4. The molecule has 1 N–H and O–H groups in total. The average Bonchev–Trinajstić information content (AvgIpc) is 2.60. The Morgan fingerprint density at radius 3 is 2.44 bits per heavy atom. The van der Waals surface area contributed by atoms with Crippen LogP contribution in [0.25, 0.3) is 6.08 Å². The highest BCUT2D eigenvalue weighted by Crippen LogP contribution is 2.32. The van der Waals surface area contributed by atoms with Crippen molar-refractivity contribution in [1.29, 1.82) is 0 Å². The first kappa shape index (κ1) is 17.5. The lowest BCUT2D eigenvalue weighted by Crippen LogP contribution is -2.29. The largest absolute Gasteiger partial charge is 0.486 e. The number of nitrogens with one attached hydrogen (secondary N) is 1. The Kier molecular flexibility index (Phi) is 5.10. The SMILES string of the molecule is O=C(/C=C/c1ccc(Br)cc1)NS(=O)(=O)c1ccc2c(c1)OCCO2. The molecule has 0 radical (unpaired) electrons. The van der Waals surface area contributed by atoms with Crippen molar-refractivity contribution < 1.29 is 22.7 Å². The summed E-state index contributed by atoms with van der Waals surface area (Å²) in [5.41, 5.74) is 0.773. The van der Waals surface area contributed by atoms with Gasteiger partial charge in [0.15, 0.2) is 11.5 Å². The van der Waals surface area contributed by atoms with Crippen molar-refractivity contribution in [2.45, 2.75) is 4.90 Å². The molecule has 1 aliphatic heterocycles. The van der Waals surface area contributed by atoms with Gasteiger partial charge in [-0.3, -0.25) is 4.79 Å². The van der Waals surface area contributed by atoms with Gasteiger partial charge in [-0.05, 0) is 35.9 Å². The molecular formula is C17H14BrNO5S. The zero-order valence-electron chi connectivity index (χ0n) is 12.9. The lowest BCUT2D eigenvalue weighted by atomic mass is 10.2. The van der Waals surface area contributed by atoms with E-state index in [2.05, 4.69) is 15.9 Å². The van der Waals surface area contributed by atoms with E-state index in [4.69, 9.17) is 9.47 Å². The van der Waals surface area contributed by atoms with Crippen LogP contribution in [0.3, 0.4) is 0 Å². The first-order chi connectivity index (χ1) is 11.9. The van der Waals surface area contributed by atoms with Crippen LogP contribution in [0, 0.1) is 0 Å². The highest BCUT2D eigenvalue weighted by molar-refractivity contribution is 9.10. The van der Waals surface area contributed by atoms with Crippen molar-refractivity contribution >= 4 is 37.9 Å². The minimum Gasteiger partial charge on any atom is -0.486 e. The highest BCUT2D eigenvalue weighted by atomic mass is 79.9. The molecule has 0 fully saturated rings. The molecule has 3 rings (SSSR count). The first-order valence-corrected chi connectivity index (χ1v) is 9.62. The molecule has 1 amide bonds. The van der Waals surface area contributed by atoms with Crippen LogP contribution in [-0.4, -0.2) is 27.5 Å². The number of hydrogen-bond donors (Lipinski definition) is 1. The fourth-order valence-electron chi connectivity index (χ4n) is 2.16. The second-order valence-electron chi connectivity index (χ2n) is 5.16. The number of amides is 1. The van der Waals surface area contributed by atoms with Crippen molar-refractivity contribution in [2.24, 2.45) is 0 Å². The van der Waals surface area contributed by atoms with Crippen LogP contribution < -0.4 is 14.2 Å². The zero-order valence-corrected chi connectivity index (χ0v) is 15.3. The lowest BCUT2D eigenvalue weighted by Gasteiger charge is -2.18. The molecule has 1 aliphatic rings. The van der Waals surface area contributed by atoms with Gasteiger partial charge in [0.25, 0.3) is 15.9 Å². The summed E-state index contributed by atoms with van der Waals surface area (Å²) in [6.45, 7) is 0.759. The van der Waals surface area contributed by atoms with Crippen LogP contribution in [0.2, 0.25) is 0 Å². The molecule has 0 atom stereocenters. The van der Waals surface area contributed by atoms with E-state index in [-0.39, 0.29) is 4.90 Å². The summed E-state index contributed by atoms with van der Waals surface area (Å²) in [4.78, 5) is 11.9. The third-order valence-electron chi connectivity index (χ3n) is 3.36. The van der Waals surface area contributed by atoms with Gasteiger partial charge in [-0.15, -0.1) is 0 Å². The Hall–Kier alpha value is -2.32. The van der Waals surface area contributed by atoms with Crippen LogP contribution in [-0.2, 0) is 14.8 Å². The van der Waals surface area contributed by atoms with Crippen molar-refractivity contribution in [2.75, 3.05) is 13.2 Å². The van der Waals surface area contributed by atoms with Gasteiger partial charge in [0.05, 0.1) is 4.90 Å². The quantitative estimate of drug-likeness (QED) is 0.764. The molecule has 130 valence electrons. The maximum absolute atomic E-state index is 12.3. The summed E-state index contributed by atoms with van der Waals surface area (Å²) in [5, 5.41) is 0. The minimum absolute atomic E-state index is 0.0675. The van der Waals surface area contributed by atoms with Gasteiger partial charge in [0.2, 0.25) is 0 Å². The zero-order chi connectivity index (χ0) is 17.9. The molecule has 0 saturated heterocycles. The molecule has 1 heterocycles. The summed E-state index contributed by atoms with van der Waals surface area (Å²) < 4.78 is 38.3. The Balaban J connectivity index is 1.72. The van der Waals surface area contributed by atoms with E-state index in [0.717, 1.165) is 10.0 Å². The molecule has 2 aromatic rings. The maximum Gasteiger partial charge on any atom is 0.264 e. The number of halogens is 1. The Bertz CT molecular complexity index is 923. The number of benzene rings is 2. The van der Waals surface area contributed by atoms with Crippen molar-refractivity contribution in [3.63, 3.8) is 0 Å². The van der Waals surface area contributed by atoms with Crippen LogP contribution in [0.1, 0.15) is 5.56 Å². The number of sulfonamides is 1. The third-order valence-corrected chi connectivity index (χ3v) is 5.23. The van der Waals surface area contributed by atoms with E-state index in [1.807, 2.05) is 16.9 Å². The molecule has 0 bridgehead atoms. The van der Waals surface area contributed by atoms with E-state index in [1.54, 1.807) is 12.1 Å². The van der Waals surface area contributed by atoms with Crippen molar-refractivity contribution in [3.8, 4) is 11.5 Å². The van der Waals surface area contributed by atoms with Gasteiger partial charge in [-0.1, -0.05) is 28.1 Å². The maximum atomic E-state index is 12.3. The summed E-state index contributed by atoms with van der Waals surface area (Å²) in [6, 6.07) is 11.4. The number of ether oxygens (including phenoxy) is 2. The molecule has 25 heavy (non-hydrogen) atoms. The molecule has 8 heteroatoms. The normalized spacial score (nSPS) is 13.6. The molecule has 2 aromatic carbocycles. The van der Waals surface area contributed by atoms with Crippen molar-refractivity contribution in [3.05, 3.63) is 58.6 Å². The predicted molar refractivity (Wildman–Crippen MR) is 95.9 cm³/mol. The summed E-state index contributed by atoms with van der Waals surface area (Å²) in [7, 11) is -4.00. The van der Waals surface area contributed by atoms with Crippen LogP contribution in [0.4, 0.5) is 0 Å². The smallest absolute Gasteiger partial charge is 0.264 e. The van der Waals surface area contributed by atoms with Gasteiger partial charge in [-0.25, -0.2) is 13.1 Å². The summed E-state index contributed by atoms with van der Waals surface area (Å²) in [5.74, 6) is 0.0800. The van der Waals surface area contributed by atoms with Gasteiger partial charge in [0.1, 0.15) is 13.2 Å². The van der Waals surface area contributed by atoms with Gasteiger partial charge < -0.3 is 9.47 Å². The molecule has 0 unspecified atom stereocenters. The predicted octanol–water partition coefficient (Wildman–Crippen LogP) is 2.74. The van der Waals surface area contributed by atoms with E-state index in [0.29, 0.717) is 24.7 Å². The van der Waals surface area contributed by atoms with Crippen LogP contribution in [0.5, 0.6) is 11.5 Å². The highest BCUT2D eigenvalue weighted by Gasteiger charge is 2.20. The molecule has 0 aliphatic carbocycles. The van der Waals surface area contributed by atoms with E-state index >= 15 is 0 Å². The summed E-state index contributed by atoms with van der Waals surface area (Å²) in [6.07, 6.45) is 2.69. The van der Waals surface area contributed by atoms with Crippen molar-refractivity contribution in [1.82, 2.24) is 4.72 Å². The van der Waals surface area contributed by atoms with Gasteiger partial charge >= 0.3 is 0 Å². The van der Waals surface area contributed by atoms with E-state index < -0.39 is 15.9 Å². The Morgan fingerprint density at radius 1 is 1.04 bits per heavy atom. The van der Waals surface area contributed by atoms with Gasteiger partial charge in [0, 0.05) is 16.6 Å². The number of carbonyl (C=O) groups is 1. The standard InChI is InChI=1S/C17H14BrNO5S/c18-13-4-1-12(2-5-13)3-8-17(20)19-25(21,22)14-6-7-15-16(11-14)24-10-9-23-15/h1-8,11H,9-10H2,(H,19,20)/b8-3+. The van der Waals surface area contributed by atoms with Gasteiger partial charge in [-0.2, -0.15) is 0 Å². The molecule has 0 spiro atoms. The Morgan fingerprint density at radius 2 is 1.72 bits per heavy atom. The van der Waals surface area contributed by atoms with E-state index in [1.165, 1.54) is 30.4 Å². The molecule has 6 nitrogen and oxygen atoms in total. The van der Waals surface area contributed by atoms with Crippen LogP contribution >= 0.6 is 15.9 Å². The third kappa shape index (κ3) is 4.40. The minimum atomic E-state index is -4.00. The number of carbonyl (C=O) groups excluding carboxylic acids is 1. The number of hydrogen-bond acceptors (Lipinski definition) is 5. The lowest BCUT2D eigenvalue weighted by molar-refractivity contribution is -0.114. The summed E-state index contributed by atoms with van der Waals surface area (Å²) >= 11 is 3.32.